The molecule has 0 aliphatic carbocycles. The number of hydrogen-bond donors (Lipinski definition) is 0. The van der Waals surface area contributed by atoms with Crippen LogP contribution in [0.4, 0.5) is 5.13 Å². The molecule has 1 aliphatic rings. The van der Waals surface area contributed by atoms with E-state index >= 15 is 0 Å². The molecule has 2 aromatic heterocycles. The van der Waals surface area contributed by atoms with Gasteiger partial charge in [0, 0.05) is 18.7 Å². The van der Waals surface area contributed by atoms with Crippen LogP contribution in [0.1, 0.15) is 40.9 Å². The zero-order valence-electron chi connectivity index (χ0n) is 18.8. The zero-order valence-corrected chi connectivity index (χ0v) is 20.4. The van der Waals surface area contributed by atoms with Crippen molar-refractivity contribution in [2.45, 2.75) is 37.6 Å². The smallest absolute Gasteiger partial charge is 0.260 e. The molecular weight excluding hydrogens is 470 g/mol. The molecule has 0 atom stereocenters. The Morgan fingerprint density at radius 1 is 1.06 bits per heavy atom. The summed E-state index contributed by atoms with van der Waals surface area (Å²) < 4.78 is 34.0. The number of carbonyl (C=O) groups is 1. The number of piperidine rings is 1. The highest BCUT2D eigenvalue weighted by atomic mass is 32.2. The van der Waals surface area contributed by atoms with E-state index in [1.807, 2.05) is 31.2 Å². The Morgan fingerprint density at radius 2 is 1.82 bits per heavy atom. The van der Waals surface area contributed by atoms with E-state index in [0.717, 1.165) is 35.0 Å². The molecule has 0 radical (unpaired) electrons. The Balaban J connectivity index is 1.46. The number of thiazole rings is 1. The minimum absolute atomic E-state index is 0.208. The van der Waals surface area contributed by atoms with Crippen molar-refractivity contribution in [3.63, 3.8) is 0 Å². The van der Waals surface area contributed by atoms with E-state index < -0.39 is 10.0 Å². The molecular formula is C25H25N3O4S2. The number of nitrogens with zero attached hydrogens (tertiary/aromatic N) is 3. The monoisotopic (exact) mass is 495 g/mol. The van der Waals surface area contributed by atoms with Gasteiger partial charge in [0.1, 0.15) is 5.76 Å². The lowest BCUT2D eigenvalue weighted by Gasteiger charge is -2.26. The lowest BCUT2D eigenvalue weighted by atomic mass is 10.2. The molecule has 4 aromatic rings. The summed E-state index contributed by atoms with van der Waals surface area (Å²) in [6.45, 7) is 3.29. The fraction of sp³-hybridized carbons (Fsp3) is 0.280. The summed E-state index contributed by atoms with van der Waals surface area (Å²) in [7, 11) is -3.56. The van der Waals surface area contributed by atoms with Gasteiger partial charge in [-0.15, -0.1) is 0 Å². The van der Waals surface area contributed by atoms with Gasteiger partial charge in [0.2, 0.25) is 10.0 Å². The van der Waals surface area contributed by atoms with E-state index in [4.69, 9.17) is 9.40 Å². The summed E-state index contributed by atoms with van der Waals surface area (Å²) in [4.78, 5) is 20.1. The Hall–Kier alpha value is -3.01. The van der Waals surface area contributed by atoms with Gasteiger partial charge in [-0.1, -0.05) is 29.9 Å². The Kier molecular flexibility index (Phi) is 6.24. The van der Waals surface area contributed by atoms with Crippen LogP contribution in [0.3, 0.4) is 0 Å². The quantitative estimate of drug-likeness (QED) is 0.366. The molecule has 3 heterocycles. The van der Waals surface area contributed by atoms with Crippen molar-refractivity contribution in [1.29, 1.82) is 0 Å². The molecule has 1 saturated heterocycles. The summed E-state index contributed by atoms with van der Waals surface area (Å²) in [5.41, 5.74) is 2.29. The van der Waals surface area contributed by atoms with Gasteiger partial charge in [0.25, 0.3) is 5.91 Å². The van der Waals surface area contributed by atoms with Crippen molar-refractivity contribution in [2.75, 3.05) is 18.0 Å². The number of aromatic nitrogens is 1. The number of hydrogen-bond acceptors (Lipinski definition) is 6. The average molecular weight is 496 g/mol. The van der Waals surface area contributed by atoms with Gasteiger partial charge in [0.05, 0.1) is 27.9 Å². The van der Waals surface area contributed by atoms with Crippen molar-refractivity contribution in [3.05, 3.63) is 77.7 Å². The molecule has 0 bridgehead atoms. The summed E-state index contributed by atoms with van der Waals surface area (Å²) in [6, 6.07) is 15.7. The number of furan rings is 1. The maximum Gasteiger partial charge on any atom is 0.260 e. The van der Waals surface area contributed by atoms with Crippen LogP contribution in [0.5, 0.6) is 0 Å². The maximum absolute atomic E-state index is 13.6. The van der Waals surface area contributed by atoms with Crippen molar-refractivity contribution in [3.8, 4) is 0 Å². The highest BCUT2D eigenvalue weighted by Gasteiger charge is 2.27. The van der Waals surface area contributed by atoms with E-state index in [-0.39, 0.29) is 17.3 Å². The first-order chi connectivity index (χ1) is 16.4. The number of sulfonamides is 1. The third kappa shape index (κ3) is 4.38. The lowest BCUT2D eigenvalue weighted by molar-refractivity contribution is 0.0983. The Bertz CT molecular complexity index is 1400. The standard InChI is InChI=1S/C25H25N3O4S2/c1-18-7-5-9-22-23(18)26-25(33-22)28(17-20-8-6-16-32-20)24(29)19-10-12-21(13-11-19)34(30,31)27-14-3-2-4-15-27/h5-13,16H,2-4,14-15,17H2,1H3. The molecule has 34 heavy (non-hydrogen) atoms. The zero-order chi connectivity index (χ0) is 23.7. The molecule has 0 spiro atoms. The highest BCUT2D eigenvalue weighted by molar-refractivity contribution is 7.89. The summed E-state index contributed by atoms with van der Waals surface area (Å²) in [5, 5.41) is 0.565. The third-order valence-corrected chi connectivity index (χ3v) is 8.99. The number of para-hydroxylation sites is 1. The minimum atomic E-state index is -3.56. The molecule has 5 rings (SSSR count). The van der Waals surface area contributed by atoms with Gasteiger partial charge >= 0.3 is 0 Å². The number of benzene rings is 2. The van der Waals surface area contributed by atoms with E-state index in [2.05, 4.69) is 0 Å². The molecule has 0 N–H and O–H groups in total. The first kappa shape index (κ1) is 22.8. The normalized spacial score (nSPS) is 15.0. The number of fused-ring (bicyclic) bond motifs is 1. The van der Waals surface area contributed by atoms with Gasteiger partial charge in [0.15, 0.2) is 5.13 Å². The number of amides is 1. The van der Waals surface area contributed by atoms with E-state index in [0.29, 0.717) is 29.5 Å². The molecule has 1 fully saturated rings. The Morgan fingerprint density at radius 3 is 2.50 bits per heavy atom. The second-order valence-electron chi connectivity index (χ2n) is 8.38. The molecule has 9 heteroatoms. The molecule has 1 amide bonds. The fourth-order valence-corrected chi connectivity index (χ4v) is 6.71. The van der Waals surface area contributed by atoms with Crippen LogP contribution in [0.25, 0.3) is 10.2 Å². The number of anilines is 1. The first-order valence-corrected chi connectivity index (χ1v) is 13.5. The van der Waals surface area contributed by atoms with Gasteiger partial charge in [-0.05, 0) is 67.8 Å². The SMILES string of the molecule is Cc1cccc2sc(N(Cc3ccco3)C(=O)c3ccc(S(=O)(=O)N4CCCCC4)cc3)nc12. The van der Waals surface area contributed by atoms with Crippen molar-refractivity contribution in [2.24, 2.45) is 0 Å². The highest BCUT2D eigenvalue weighted by Crippen LogP contribution is 2.32. The van der Waals surface area contributed by atoms with Crippen molar-refractivity contribution in [1.82, 2.24) is 9.29 Å². The lowest BCUT2D eigenvalue weighted by Crippen LogP contribution is -2.35. The van der Waals surface area contributed by atoms with Crippen LogP contribution in [0, 0.1) is 6.92 Å². The summed E-state index contributed by atoms with van der Waals surface area (Å²) >= 11 is 1.44. The van der Waals surface area contributed by atoms with Crippen LogP contribution in [-0.2, 0) is 16.6 Å². The second kappa shape index (κ2) is 9.32. The van der Waals surface area contributed by atoms with Crippen LogP contribution in [0.15, 0.2) is 70.2 Å². The van der Waals surface area contributed by atoms with Gasteiger partial charge in [-0.3, -0.25) is 9.69 Å². The van der Waals surface area contributed by atoms with Crippen molar-refractivity contribution >= 4 is 42.6 Å². The molecule has 176 valence electrons. The van der Waals surface area contributed by atoms with Gasteiger partial charge in [-0.2, -0.15) is 4.31 Å². The van der Waals surface area contributed by atoms with E-state index in [1.54, 1.807) is 29.4 Å². The number of aryl methyl sites for hydroxylation is 1. The number of rotatable bonds is 6. The van der Waals surface area contributed by atoms with Gasteiger partial charge < -0.3 is 4.42 Å². The van der Waals surface area contributed by atoms with Gasteiger partial charge in [-0.25, -0.2) is 13.4 Å². The van der Waals surface area contributed by atoms with E-state index in [1.165, 1.54) is 27.8 Å². The van der Waals surface area contributed by atoms with E-state index in [9.17, 15) is 13.2 Å². The van der Waals surface area contributed by atoms with Crippen molar-refractivity contribution < 1.29 is 17.6 Å². The molecule has 0 unspecified atom stereocenters. The summed E-state index contributed by atoms with van der Waals surface area (Å²) in [6.07, 6.45) is 4.37. The molecule has 1 aliphatic heterocycles. The third-order valence-electron chi connectivity index (χ3n) is 6.03. The molecule has 0 saturated carbocycles. The molecule has 7 nitrogen and oxygen atoms in total. The maximum atomic E-state index is 13.6. The second-order valence-corrected chi connectivity index (χ2v) is 11.3. The average Bonchev–Trinajstić information content (AvgIpc) is 3.53. The summed E-state index contributed by atoms with van der Waals surface area (Å²) in [5.74, 6) is 0.364. The molecule has 2 aromatic carbocycles. The minimum Gasteiger partial charge on any atom is -0.467 e. The fourth-order valence-electron chi connectivity index (χ4n) is 4.15. The number of carbonyl (C=O) groups excluding carboxylic acids is 1. The van der Waals surface area contributed by atoms with Crippen LogP contribution < -0.4 is 4.90 Å². The van der Waals surface area contributed by atoms with Crippen LogP contribution in [0.2, 0.25) is 0 Å². The largest absolute Gasteiger partial charge is 0.467 e. The van der Waals surface area contributed by atoms with Crippen LogP contribution >= 0.6 is 11.3 Å². The topological polar surface area (TPSA) is 83.7 Å². The van der Waals surface area contributed by atoms with Crippen LogP contribution in [-0.4, -0.2) is 36.7 Å². The Labute approximate surface area is 202 Å². The predicted octanol–water partition coefficient (Wildman–Crippen LogP) is 5.22. The first-order valence-electron chi connectivity index (χ1n) is 11.2. The predicted molar refractivity (Wildman–Crippen MR) is 133 cm³/mol.